The van der Waals surface area contributed by atoms with Crippen molar-refractivity contribution in [2.45, 2.75) is 18.8 Å². The van der Waals surface area contributed by atoms with Crippen molar-refractivity contribution in [2.24, 2.45) is 0 Å². The van der Waals surface area contributed by atoms with E-state index in [1.807, 2.05) is 37.3 Å². The van der Waals surface area contributed by atoms with Gasteiger partial charge in [-0.05, 0) is 24.6 Å². The van der Waals surface area contributed by atoms with Crippen LogP contribution < -0.4 is 4.72 Å². The molecule has 1 unspecified atom stereocenters. The molecule has 0 bridgehead atoms. The predicted molar refractivity (Wildman–Crippen MR) is 90.9 cm³/mol. The van der Waals surface area contributed by atoms with Crippen LogP contribution in [-0.4, -0.2) is 22.1 Å². The maximum Gasteiger partial charge on any atom is 0.215 e. The first kappa shape index (κ1) is 17.4. The summed E-state index contributed by atoms with van der Waals surface area (Å²) in [5, 5.41) is 0. The van der Waals surface area contributed by atoms with Crippen LogP contribution >= 0.6 is 22.9 Å². The van der Waals surface area contributed by atoms with Crippen LogP contribution in [0.3, 0.4) is 0 Å². The zero-order valence-corrected chi connectivity index (χ0v) is 14.8. The molecule has 1 N–H and O–H groups in total. The molecule has 1 aromatic heterocycles. The maximum absolute atomic E-state index is 12.2. The molecule has 120 valence electrons. The molecular formula is C15H18ClNO3S2. The largest absolute Gasteiger partial charge is 0.375 e. The van der Waals surface area contributed by atoms with Crippen LogP contribution in [0.1, 0.15) is 22.1 Å². The van der Waals surface area contributed by atoms with E-state index >= 15 is 0 Å². The Morgan fingerprint density at radius 1 is 1.23 bits per heavy atom. The number of rotatable bonds is 7. The number of methoxy groups -OCH3 is 1. The lowest BCUT2D eigenvalue weighted by Crippen LogP contribution is -2.30. The van der Waals surface area contributed by atoms with E-state index in [9.17, 15) is 8.42 Å². The smallest absolute Gasteiger partial charge is 0.215 e. The second-order valence-electron chi connectivity index (χ2n) is 4.96. The van der Waals surface area contributed by atoms with Gasteiger partial charge in [0.05, 0.1) is 10.1 Å². The van der Waals surface area contributed by atoms with E-state index in [0.29, 0.717) is 4.34 Å². The Labute approximate surface area is 140 Å². The molecule has 0 saturated carbocycles. The topological polar surface area (TPSA) is 55.4 Å². The quantitative estimate of drug-likeness (QED) is 0.822. The lowest BCUT2D eigenvalue weighted by atomic mass is 10.2. The van der Waals surface area contributed by atoms with Gasteiger partial charge in [-0.2, -0.15) is 0 Å². The molecule has 1 heterocycles. The number of hydrogen-bond donors (Lipinski definition) is 1. The number of ether oxygens (including phenoxy) is 1. The molecule has 0 amide bonds. The molecule has 0 fully saturated rings. The number of halogens is 1. The number of benzene rings is 1. The normalized spacial score (nSPS) is 13.2. The summed E-state index contributed by atoms with van der Waals surface area (Å²) < 4.78 is 32.9. The zero-order chi connectivity index (χ0) is 16.2. The van der Waals surface area contributed by atoms with E-state index in [4.69, 9.17) is 16.3 Å². The molecule has 0 saturated heterocycles. The van der Waals surface area contributed by atoms with Gasteiger partial charge in [0.1, 0.15) is 6.10 Å². The highest BCUT2D eigenvalue weighted by Gasteiger charge is 2.18. The Morgan fingerprint density at radius 2 is 1.91 bits per heavy atom. The third kappa shape index (κ3) is 5.07. The van der Waals surface area contributed by atoms with Crippen LogP contribution in [0.2, 0.25) is 4.34 Å². The minimum atomic E-state index is -3.41. The van der Waals surface area contributed by atoms with E-state index in [2.05, 4.69) is 4.72 Å². The van der Waals surface area contributed by atoms with Crippen molar-refractivity contribution >= 4 is 33.0 Å². The Balaban J connectivity index is 1.97. The molecule has 0 aliphatic carbocycles. The summed E-state index contributed by atoms with van der Waals surface area (Å²) in [6, 6.07) is 11.1. The Morgan fingerprint density at radius 3 is 2.45 bits per heavy atom. The SMILES string of the molecule is COC(CNS(=O)(=O)Cc1ccc(C)cc1)c1ccc(Cl)s1. The number of sulfonamides is 1. The van der Waals surface area contributed by atoms with Gasteiger partial charge >= 0.3 is 0 Å². The Kier molecular flexibility index (Phi) is 6.00. The van der Waals surface area contributed by atoms with Crippen LogP contribution in [0.15, 0.2) is 36.4 Å². The molecular weight excluding hydrogens is 342 g/mol. The van der Waals surface area contributed by atoms with Gasteiger partial charge in [0, 0.05) is 18.5 Å². The molecule has 0 radical (unpaired) electrons. The third-order valence-electron chi connectivity index (χ3n) is 3.16. The van der Waals surface area contributed by atoms with Crippen LogP contribution in [0, 0.1) is 6.92 Å². The molecule has 2 rings (SSSR count). The summed E-state index contributed by atoms with van der Waals surface area (Å²) in [7, 11) is -1.86. The Bertz CT molecular complexity index is 711. The van der Waals surface area contributed by atoms with E-state index in [0.717, 1.165) is 16.0 Å². The number of hydrogen-bond acceptors (Lipinski definition) is 4. The molecule has 0 spiro atoms. The summed E-state index contributed by atoms with van der Waals surface area (Å²) in [5.74, 6) is -0.0467. The molecule has 22 heavy (non-hydrogen) atoms. The monoisotopic (exact) mass is 359 g/mol. The second-order valence-corrected chi connectivity index (χ2v) is 8.51. The van der Waals surface area contributed by atoms with Gasteiger partial charge in [0.15, 0.2) is 0 Å². The second kappa shape index (κ2) is 7.57. The van der Waals surface area contributed by atoms with Gasteiger partial charge in [-0.1, -0.05) is 41.4 Å². The molecule has 0 aliphatic heterocycles. The first-order chi connectivity index (χ1) is 10.4. The van der Waals surface area contributed by atoms with Gasteiger partial charge in [-0.3, -0.25) is 0 Å². The summed E-state index contributed by atoms with van der Waals surface area (Å²) in [4.78, 5) is 0.894. The van der Waals surface area contributed by atoms with E-state index in [1.165, 1.54) is 11.3 Å². The maximum atomic E-state index is 12.2. The fourth-order valence-electron chi connectivity index (χ4n) is 1.96. The average Bonchev–Trinajstić information content (AvgIpc) is 2.88. The summed E-state index contributed by atoms with van der Waals surface area (Å²) >= 11 is 7.28. The lowest BCUT2D eigenvalue weighted by molar-refractivity contribution is 0.110. The van der Waals surface area contributed by atoms with Crippen LogP contribution in [0.4, 0.5) is 0 Å². The van der Waals surface area contributed by atoms with Crippen molar-refractivity contribution < 1.29 is 13.2 Å². The minimum Gasteiger partial charge on any atom is -0.375 e. The fraction of sp³-hybridized carbons (Fsp3) is 0.333. The summed E-state index contributed by atoms with van der Waals surface area (Å²) in [5.41, 5.74) is 1.86. The van der Waals surface area contributed by atoms with Crippen molar-refractivity contribution in [3.05, 3.63) is 56.7 Å². The number of aryl methyl sites for hydroxylation is 1. The van der Waals surface area contributed by atoms with Crippen LogP contribution in [0.25, 0.3) is 0 Å². The fourth-order valence-corrected chi connectivity index (χ4v) is 4.24. The number of thiophene rings is 1. The first-order valence-electron chi connectivity index (χ1n) is 6.70. The highest BCUT2D eigenvalue weighted by atomic mass is 35.5. The van der Waals surface area contributed by atoms with Crippen molar-refractivity contribution in [3.8, 4) is 0 Å². The molecule has 4 nitrogen and oxygen atoms in total. The molecule has 0 aliphatic rings. The van der Waals surface area contributed by atoms with Crippen LogP contribution in [-0.2, 0) is 20.5 Å². The summed E-state index contributed by atoms with van der Waals surface area (Å²) in [6.07, 6.45) is -0.342. The minimum absolute atomic E-state index is 0.0467. The highest BCUT2D eigenvalue weighted by molar-refractivity contribution is 7.88. The van der Waals surface area contributed by atoms with Gasteiger partial charge in [-0.25, -0.2) is 13.1 Å². The van der Waals surface area contributed by atoms with E-state index in [1.54, 1.807) is 13.2 Å². The van der Waals surface area contributed by atoms with E-state index in [-0.39, 0.29) is 18.4 Å². The Hall–Kier alpha value is -0.920. The molecule has 2 aromatic rings. The molecule has 7 heteroatoms. The van der Waals surface area contributed by atoms with Crippen LogP contribution in [0.5, 0.6) is 0 Å². The third-order valence-corrected chi connectivity index (χ3v) is 5.80. The van der Waals surface area contributed by atoms with Crippen molar-refractivity contribution in [2.75, 3.05) is 13.7 Å². The molecule has 1 atom stereocenters. The lowest BCUT2D eigenvalue weighted by Gasteiger charge is -2.15. The standard InChI is InChI=1S/C15H18ClNO3S2/c1-11-3-5-12(6-4-11)10-22(18,19)17-9-13(20-2)14-7-8-15(16)21-14/h3-8,13,17H,9-10H2,1-2H3. The molecule has 1 aromatic carbocycles. The van der Waals surface area contributed by atoms with E-state index < -0.39 is 10.0 Å². The highest BCUT2D eigenvalue weighted by Crippen LogP contribution is 2.28. The summed E-state index contributed by atoms with van der Waals surface area (Å²) in [6.45, 7) is 2.15. The zero-order valence-electron chi connectivity index (χ0n) is 12.4. The predicted octanol–water partition coefficient (Wildman–Crippen LogP) is 3.52. The van der Waals surface area contributed by atoms with Crippen molar-refractivity contribution in [3.63, 3.8) is 0 Å². The average molecular weight is 360 g/mol. The number of nitrogens with one attached hydrogen (secondary N) is 1. The van der Waals surface area contributed by atoms with Crippen molar-refractivity contribution in [1.82, 2.24) is 4.72 Å². The van der Waals surface area contributed by atoms with Crippen molar-refractivity contribution in [1.29, 1.82) is 0 Å². The van der Waals surface area contributed by atoms with Gasteiger partial charge in [-0.15, -0.1) is 11.3 Å². The van der Waals surface area contributed by atoms with Gasteiger partial charge < -0.3 is 4.74 Å². The van der Waals surface area contributed by atoms with Gasteiger partial charge in [0.25, 0.3) is 0 Å². The first-order valence-corrected chi connectivity index (χ1v) is 9.55. The van der Waals surface area contributed by atoms with Gasteiger partial charge in [0.2, 0.25) is 10.0 Å².